The Kier molecular flexibility index (Phi) is 1.96. The quantitative estimate of drug-likeness (QED) is 0.527. The highest BCUT2D eigenvalue weighted by Crippen LogP contribution is 2.33. The van der Waals surface area contributed by atoms with Crippen LogP contribution >= 0.6 is 0 Å². The van der Waals surface area contributed by atoms with E-state index in [0.29, 0.717) is 18.5 Å². The largest absolute Gasteiger partial charge is 0.504 e. The minimum absolute atomic E-state index is 0.125. The molecule has 0 heterocycles. The van der Waals surface area contributed by atoms with Crippen LogP contribution in [-0.2, 0) is 6.42 Å². The molecule has 0 radical (unpaired) electrons. The number of hydrogen-bond acceptors (Lipinski definition) is 4. The molecule has 2 rings (SSSR count). The average Bonchev–Trinajstić information content (AvgIpc) is 2.19. The van der Waals surface area contributed by atoms with Gasteiger partial charge in [0.1, 0.15) is 0 Å². The van der Waals surface area contributed by atoms with E-state index in [1.54, 1.807) is 6.08 Å². The van der Waals surface area contributed by atoms with Crippen molar-refractivity contribution in [2.24, 2.45) is 5.18 Å². The predicted octanol–water partition coefficient (Wildman–Crippen LogP) is 2.15. The second-order valence-corrected chi connectivity index (χ2v) is 3.27. The maximum absolute atomic E-state index is 10.3. The Balaban J connectivity index is 2.53. The number of aryl methyl sites for hydroxylation is 1. The van der Waals surface area contributed by atoms with Crippen molar-refractivity contribution in [1.82, 2.24) is 0 Å². The van der Waals surface area contributed by atoms with Crippen molar-refractivity contribution in [3.05, 3.63) is 33.9 Å². The van der Waals surface area contributed by atoms with Gasteiger partial charge in [-0.25, -0.2) is 0 Å². The van der Waals surface area contributed by atoms with E-state index in [-0.39, 0.29) is 11.5 Å². The molecule has 72 valence electrons. The number of aromatic hydroxyl groups is 2. The van der Waals surface area contributed by atoms with E-state index in [9.17, 15) is 15.1 Å². The lowest BCUT2D eigenvalue weighted by molar-refractivity contribution is 0.403. The fourth-order valence-corrected chi connectivity index (χ4v) is 1.57. The first-order valence-corrected chi connectivity index (χ1v) is 4.29. The molecule has 0 aliphatic heterocycles. The summed E-state index contributed by atoms with van der Waals surface area (Å²) in [7, 11) is 0. The smallest absolute Gasteiger partial charge is 0.158 e. The molecule has 0 amide bonds. The van der Waals surface area contributed by atoms with Crippen LogP contribution < -0.4 is 0 Å². The zero-order valence-electron chi connectivity index (χ0n) is 7.40. The Morgan fingerprint density at radius 3 is 2.57 bits per heavy atom. The van der Waals surface area contributed by atoms with Crippen LogP contribution in [0.1, 0.15) is 17.5 Å². The second kappa shape index (κ2) is 3.14. The molecule has 0 unspecified atom stereocenters. The van der Waals surface area contributed by atoms with Crippen LogP contribution in [0.15, 0.2) is 23.0 Å². The Morgan fingerprint density at radius 2 is 1.86 bits per heavy atom. The van der Waals surface area contributed by atoms with E-state index >= 15 is 0 Å². The molecule has 1 aliphatic rings. The Morgan fingerprint density at radius 1 is 1.14 bits per heavy atom. The minimum Gasteiger partial charge on any atom is -0.504 e. The maximum Gasteiger partial charge on any atom is 0.158 e. The summed E-state index contributed by atoms with van der Waals surface area (Å²) in [6, 6.07) is 2.96. The maximum atomic E-state index is 10.3. The summed E-state index contributed by atoms with van der Waals surface area (Å²) in [5, 5.41) is 21.4. The molecule has 0 bridgehead atoms. The highest BCUT2D eigenvalue weighted by molar-refractivity contribution is 5.63. The molecule has 0 saturated heterocycles. The molecule has 1 aromatic carbocycles. The summed E-state index contributed by atoms with van der Waals surface area (Å²) in [6.45, 7) is 0. The lowest BCUT2D eigenvalue weighted by atomic mass is 9.95. The summed E-state index contributed by atoms with van der Waals surface area (Å²) in [4.78, 5) is 10.3. The molecule has 14 heavy (non-hydrogen) atoms. The molecule has 0 fully saturated rings. The lowest BCUT2D eigenvalue weighted by Crippen LogP contribution is -1.97. The number of phenolic OH excluding ortho intramolecular Hbond substituents is 2. The van der Waals surface area contributed by atoms with Crippen molar-refractivity contribution < 1.29 is 10.2 Å². The van der Waals surface area contributed by atoms with Gasteiger partial charge >= 0.3 is 0 Å². The monoisotopic (exact) mass is 191 g/mol. The molecule has 1 aromatic rings. The number of nitroso groups, excluding NO2 is 1. The number of phenols is 2. The van der Waals surface area contributed by atoms with Crippen LogP contribution in [0.25, 0.3) is 6.08 Å². The summed E-state index contributed by atoms with van der Waals surface area (Å²) < 4.78 is 0. The zero-order chi connectivity index (χ0) is 10.1. The zero-order valence-corrected chi connectivity index (χ0v) is 7.40. The van der Waals surface area contributed by atoms with Gasteiger partial charge in [0, 0.05) is 0 Å². The first kappa shape index (κ1) is 8.74. The highest BCUT2D eigenvalue weighted by Gasteiger charge is 2.13. The molecule has 4 nitrogen and oxygen atoms in total. The number of hydrogen-bond donors (Lipinski definition) is 2. The number of nitrogens with zero attached hydrogens (tertiary/aromatic N) is 1. The Labute approximate surface area is 80.5 Å². The van der Waals surface area contributed by atoms with E-state index in [4.69, 9.17) is 0 Å². The molecule has 0 aromatic heterocycles. The van der Waals surface area contributed by atoms with Gasteiger partial charge in [0.25, 0.3) is 0 Å². The van der Waals surface area contributed by atoms with Crippen LogP contribution in [0.4, 0.5) is 0 Å². The third-order valence-electron chi connectivity index (χ3n) is 2.33. The molecular weight excluding hydrogens is 182 g/mol. The van der Waals surface area contributed by atoms with Crippen LogP contribution in [0.3, 0.4) is 0 Å². The topological polar surface area (TPSA) is 69.9 Å². The normalized spacial score (nSPS) is 14.4. The van der Waals surface area contributed by atoms with Gasteiger partial charge in [-0.3, -0.25) is 0 Å². The number of benzene rings is 1. The number of fused-ring (bicyclic) bond motifs is 1. The molecular formula is C10H9NO3. The second-order valence-electron chi connectivity index (χ2n) is 3.27. The summed E-state index contributed by atoms with van der Waals surface area (Å²) in [5.41, 5.74) is 2.15. The highest BCUT2D eigenvalue weighted by atomic mass is 16.3. The molecule has 1 aliphatic carbocycles. The van der Waals surface area contributed by atoms with Gasteiger partial charge in [0.2, 0.25) is 0 Å². The van der Waals surface area contributed by atoms with Crippen molar-refractivity contribution in [1.29, 1.82) is 0 Å². The molecule has 4 heteroatoms. The van der Waals surface area contributed by atoms with Gasteiger partial charge in [-0.05, 0) is 47.4 Å². The van der Waals surface area contributed by atoms with Crippen molar-refractivity contribution in [2.75, 3.05) is 0 Å². The summed E-state index contributed by atoms with van der Waals surface area (Å²) >= 11 is 0. The standard InChI is InChI=1S/C10H9NO3/c12-9-4-6-1-2-8(11-14)3-7(6)5-10(9)13/h3-5,12-13H,1-2H2. The lowest BCUT2D eigenvalue weighted by Gasteiger charge is -2.13. The van der Waals surface area contributed by atoms with E-state index in [2.05, 4.69) is 5.18 Å². The molecule has 0 spiro atoms. The first-order valence-electron chi connectivity index (χ1n) is 4.29. The summed E-state index contributed by atoms with van der Waals surface area (Å²) in [5.74, 6) is -0.299. The fourth-order valence-electron chi connectivity index (χ4n) is 1.57. The van der Waals surface area contributed by atoms with Gasteiger partial charge < -0.3 is 10.2 Å². The van der Waals surface area contributed by atoms with Gasteiger partial charge in [-0.2, -0.15) is 0 Å². The van der Waals surface area contributed by atoms with Crippen molar-refractivity contribution in [3.63, 3.8) is 0 Å². The Bertz CT molecular complexity index is 424. The van der Waals surface area contributed by atoms with Gasteiger partial charge in [0.05, 0.1) is 5.70 Å². The molecule has 2 N–H and O–H groups in total. The minimum atomic E-state index is -0.174. The number of allylic oxidation sites excluding steroid dienone is 1. The van der Waals surface area contributed by atoms with Gasteiger partial charge in [0.15, 0.2) is 11.5 Å². The average molecular weight is 191 g/mol. The molecule has 0 saturated carbocycles. The van der Waals surface area contributed by atoms with E-state index in [1.807, 2.05) is 0 Å². The van der Waals surface area contributed by atoms with Crippen LogP contribution in [-0.4, -0.2) is 10.2 Å². The van der Waals surface area contributed by atoms with Crippen molar-refractivity contribution in [2.45, 2.75) is 12.8 Å². The van der Waals surface area contributed by atoms with Gasteiger partial charge in [-0.1, -0.05) is 0 Å². The van der Waals surface area contributed by atoms with E-state index in [1.165, 1.54) is 12.1 Å². The van der Waals surface area contributed by atoms with Crippen LogP contribution in [0.5, 0.6) is 11.5 Å². The molecule has 0 atom stereocenters. The van der Waals surface area contributed by atoms with Crippen molar-refractivity contribution in [3.8, 4) is 11.5 Å². The third-order valence-corrected chi connectivity index (χ3v) is 2.33. The van der Waals surface area contributed by atoms with Crippen LogP contribution in [0.2, 0.25) is 0 Å². The van der Waals surface area contributed by atoms with Crippen molar-refractivity contribution >= 4 is 6.08 Å². The van der Waals surface area contributed by atoms with E-state index in [0.717, 1.165) is 11.1 Å². The Hall–Kier alpha value is -1.84. The SMILES string of the molecule is O=NC1=Cc2cc(O)c(O)cc2CC1. The number of rotatable bonds is 1. The fraction of sp³-hybridized carbons (Fsp3) is 0.200. The van der Waals surface area contributed by atoms with Crippen LogP contribution in [0, 0.1) is 4.91 Å². The van der Waals surface area contributed by atoms with Gasteiger partial charge in [-0.15, -0.1) is 4.91 Å². The summed E-state index contributed by atoms with van der Waals surface area (Å²) in [6.07, 6.45) is 2.88. The van der Waals surface area contributed by atoms with E-state index < -0.39 is 0 Å². The first-order chi connectivity index (χ1) is 6.70. The predicted molar refractivity (Wildman–Crippen MR) is 51.9 cm³/mol. The third kappa shape index (κ3) is 1.35.